The molecule has 1 saturated carbocycles. The fourth-order valence-corrected chi connectivity index (χ4v) is 6.11. The number of benzene rings is 2. The molecule has 0 unspecified atom stereocenters. The quantitative estimate of drug-likeness (QED) is 0.393. The van der Waals surface area contributed by atoms with Crippen LogP contribution in [0.5, 0.6) is 0 Å². The number of anilines is 1. The predicted molar refractivity (Wildman–Crippen MR) is 148 cm³/mol. The third-order valence-electron chi connectivity index (χ3n) is 8.60. The minimum atomic E-state index is -0.798. The van der Waals surface area contributed by atoms with E-state index >= 15 is 0 Å². The molecule has 0 radical (unpaired) electrons. The van der Waals surface area contributed by atoms with Gasteiger partial charge in [0.1, 0.15) is 6.04 Å². The van der Waals surface area contributed by atoms with Crippen LogP contribution in [0.1, 0.15) is 51.9 Å². The van der Waals surface area contributed by atoms with Gasteiger partial charge in [0.05, 0.1) is 19.2 Å². The molecule has 0 spiro atoms. The molecule has 200 valence electrons. The largest absolute Gasteiger partial charge is 0.469 e. The van der Waals surface area contributed by atoms with Crippen LogP contribution in [-0.4, -0.2) is 48.9 Å². The number of hydrogen-bond acceptors (Lipinski definition) is 5. The van der Waals surface area contributed by atoms with Gasteiger partial charge in [0, 0.05) is 24.6 Å². The highest BCUT2D eigenvalue weighted by Crippen LogP contribution is 2.57. The lowest BCUT2D eigenvalue weighted by molar-refractivity contribution is -0.150. The van der Waals surface area contributed by atoms with Crippen LogP contribution >= 0.6 is 0 Å². The Morgan fingerprint density at radius 1 is 0.974 bits per heavy atom. The van der Waals surface area contributed by atoms with Crippen molar-refractivity contribution in [1.82, 2.24) is 4.90 Å². The van der Waals surface area contributed by atoms with Crippen LogP contribution in [0.2, 0.25) is 0 Å². The van der Waals surface area contributed by atoms with Gasteiger partial charge in [-0.15, -0.1) is 0 Å². The van der Waals surface area contributed by atoms with Crippen molar-refractivity contribution < 1.29 is 19.1 Å². The lowest BCUT2D eigenvalue weighted by atomic mass is 9.92. The van der Waals surface area contributed by atoms with Crippen LogP contribution in [0.15, 0.2) is 66.7 Å². The summed E-state index contributed by atoms with van der Waals surface area (Å²) in [6, 6.07) is 17.9. The summed E-state index contributed by atoms with van der Waals surface area (Å²) < 4.78 is 5.14. The summed E-state index contributed by atoms with van der Waals surface area (Å²) in [6.45, 7) is 2.78. The molecule has 5 rings (SSSR count). The number of nitrogens with zero attached hydrogens (tertiary/aromatic N) is 2. The molecule has 2 aromatic rings. The number of esters is 1. The fourth-order valence-electron chi connectivity index (χ4n) is 6.11. The Bertz CT molecular complexity index is 1190. The first-order valence-corrected chi connectivity index (χ1v) is 13.9. The van der Waals surface area contributed by atoms with Crippen molar-refractivity contribution in [1.29, 1.82) is 0 Å². The van der Waals surface area contributed by atoms with Crippen LogP contribution in [0.3, 0.4) is 0 Å². The maximum atomic E-state index is 13.8. The lowest BCUT2D eigenvalue weighted by Crippen LogP contribution is -2.45. The van der Waals surface area contributed by atoms with Crippen molar-refractivity contribution in [3.63, 3.8) is 0 Å². The molecule has 1 aliphatic carbocycles. The molecular formula is C32H38N2O4. The molecule has 3 aliphatic rings. The van der Waals surface area contributed by atoms with Gasteiger partial charge < -0.3 is 14.5 Å². The molecule has 1 saturated heterocycles. The van der Waals surface area contributed by atoms with Gasteiger partial charge in [-0.3, -0.25) is 14.4 Å². The first kappa shape index (κ1) is 26.2. The number of ether oxygens (including phenoxy) is 1. The molecule has 0 aromatic heterocycles. The minimum Gasteiger partial charge on any atom is -0.469 e. The number of carbonyl (C=O) groups is 3. The summed E-state index contributed by atoms with van der Waals surface area (Å²) in [5.41, 5.74) is 2.45. The van der Waals surface area contributed by atoms with E-state index in [0.29, 0.717) is 19.6 Å². The van der Waals surface area contributed by atoms with E-state index in [1.807, 2.05) is 25.1 Å². The Kier molecular flexibility index (Phi) is 7.68. The first-order valence-electron chi connectivity index (χ1n) is 13.9. The Morgan fingerprint density at radius 3 is 2.45 bits per heavy atom. The van der Waals surface area contributed by atoms with E-state index < -0.39 is 11.5 Å². The molecule has 0 N–H and O–H groups in total. The number of Topliss-reactive ketones (excluding diaryl/α,β-unsaturated/α-hetero) is 1. The molecule has 6 heteroatoms. The molecule has 2 aliphatic heterocycles. The third-order valence-corrected chi connectivity index (χ3v) is 8.60. The Balaban J connectivity index is 1.40. The number of methoxy groups -OCH3 is 1. The van der Waals surface area contributed by atoms with E-state index in [1.165, 1.54) is 7.11 Å². The van der Waals surface area contributed by atoms with Crippen molar-refractivity contribution in [2.75, 3.05) is 25.2 Å². The number of ketones is 1. The molecule has 1 amide bonds. The van der Waals surface area contributed by atoms with Crippen LogP contribution in [0.25, 0.3) is 11.1 Å². The molecule has 2 heterocycles. The second kappa shape index (κ2) is 11.1. The number of carbonyl (C=O) groups excluding carboxylic acids is 3. The fraction of sp³-hybridized carbons (Fsp3) is 0.469. The van der Waals surface area contributed by atoms with Gasteiger partial charge in [-0.1, -0.05) is 74.4 Å². The Morgan fingerprint density at radius 2 is 1.71 bits per heavy atom. The van der Waals surface area contributed by atoms with Crippen molar-refractivity contribution in [3.05, 3.63) is 66.7 Å². The van der Waals surface area contributed by atoms with E-state index in [1.54, 1.807) is 4.90 Å². The summed E-state index contributed by atoms with van der Waals surface area (Å²) in [4.78, 5) is 44.1. The highest BCUT2D eigenvalue weighted by atomic mass is 16.5. The lowest BCUT2D eigenvalue weighted by Gasteiger charge is -2.26. The van der Waals surface area contributed by atoms with Crippen LogP contribution < -0.4 is 4.90 Å². The van der Waals surface area contributed by atoms with Gasteiger partial charge in [-0.05, 0) is 54.9 Å². The second-order valence-electron chi connectivity index (χ2n) is 11.2. The molecule has 6 nitrogen and oxygen atoms in total. The average Bonchev–Trinajstić information content (AvgIpc) is 3.45. The van der Waals surface area contributed by atoms with Crippen molar-refractivity contribution in [2.45, 2.75) is 57.9 Å². The molecule has 4 atom stereocenters. The zero-order valence-corrected chi connectivity index (χ0v) is 22.5. The summed E-state index contributed by atoms with van der Waals surface area (Å²) in [7, 11) is 1.39. The molecule has 0 bridgehead atoms. The van der Waals surface area contributed by atoms with Crippen LogP contribution in [0, 0.1) is 17.3 Å². The molecular weight excluding hydrogens is 476 g/mol. The predicted octanol–water partition coefficient (Wildman–Crippen LogP) is 5.62. The molecule has 38 heavy (non-hydrogen) atoms. The standard InChI is InChI=1S/C32H38N2O4/c1-23-11-7-4-3-5-10-14-26-19-32(26,31(37)38-2)20-29(35)28-21-33(22-34(28)30(23)36)27-17-15-25(16-18-27)24-12-8-6-9-13-24/h6,8-10,12-18,23,26,28H,3-5,7,11,19-22H2,1-2H3/b14-10-/t23-,26-,28-,32+/m0/s1. The maximum Gasteiger partial charge on any atom is 0.312 e. The highest BCUT2D eigenvalue weighted by Gasteiger charge is 2.61. The normalized spacial score (nSPS) is 29.1. The summed E-state index contributed by atoms with van der Waals surface area (Å²) in [5.74, 6) is -0.462. The molecule has 2 fully saturated rings. The van der Waals surface area contributed by atoms with E-state index in [-0.39, 0.29) is 35.9 Å². The number of rotatable bonds is 3. The topological polar surface area (TPSA) is 66.9 Å². The number of amides is 1. The smallest absolute Gasteiger partial charge is 0.312 e. The number of hydrogen-bond donors (Lipinski definition) is 0. The minimum absolute atomic E-state index is 0.0233. The summed E-state index contributed by atoms with van der Waals surface area (Å²) in [6.07, 6.45) is 9.89. The summed E-state index contributed by atoms with van der Waals surface area (Å²) in [5, 5.41) is 0. The average molecular weight is 515 g/mol. The van der Waals surface area contributed by atoms with Gasteiger partial charge in [-0.25, -0.2) is 0 Å². The van der Waals surface area contributed by atoms with Crippen molar-refractivity contribution in [2.24, 2.45) is 17.3 Å². The maximum absolute atomic E-state index is 13.8. The monoisotopic (exact) mass is 514 g/mol. The van der Waals surface area contributed by atoms with E-state index in [4.69, 9.17) is 4.74 Å². The van der Waals surface area contributed by atoms with E-state index in [0.717, 1.165) is 48.9 Å². The first-order chi connectivity index (χ1) is 18.4. The second-order valence-corrected chi connectivity index (χ2v) is 11.2. The van der Waals surface area contributed by atoms with E-state index in [9.17, 15) is 14.4 Å². The van der Waals surface area contributed by atoms with Crippen molar-refractivity contribution >= 4 is 23.3 Å². The highest BCUT2D eigenvalue weighted by molar-refractivity contribution is 5.96. The third kappa shape index (κ3) is 5.27. The van der Waals surface area contributed by atoms with Gasteiger partial charge in [0.15, 0.2) is 5.78 Å². The van der Waals surface area contributed by atoms with Gasteiger partial charge in [-0.2, -0.15) is 0 Å². The van der Waals surface area contributed by atoms with Crippen molar-refractivity contribution in [3.8, 4) is 11.1 Å². The van der Waals surface area contributed by atoms with Gasteiger partial charge >= 0.3 is 5.97 Å². The zero-order chi connectivity index (χ0) is 26.7. The number of allylic oxidation sites excluding steroid dienone is 2. The number of fused-ring (bicyclic) bond motifs is 2. The SMILES string of the molecule is COC(=O)[C@]12CC(=O)[C@@H]3CN(c4ccc(-c5ccccc5)cc4)CN3C(=O)[C@@H](C)CCCCC/C=C\[C@H]1C2. The molecule has 2 aromatic carbocycles. The zero-order valence-electron chi connectivity index (χ0n) is 22.5. The Hall–Kier alpha value is -3.41. The van der Waals surface area contributed by atoms with Gasteiger partial charge in [0.2, 0.25) is 5.91 Å². The van der Waals surface area contributed by atoms with Crippen LogP contribution in [-0.2, 0) is 19.1 Å². The van der Waals surface area contributed by atoms with Crippen LogP contribution in [0.4, 0.5) is 5.69 Å². The Labute approximate surface area is 225 Å². The van der Waals surface area contributed by atoms with Gasteiger partial charge in [0.25, 0.3) is 0 Å². The van der Waals surface area contributed by atoms with E-state index in [2.05, 4.69) is 53.5 Å². The summed E-state index contributed by atoms with van der Waals surface area (Å²) >= 11 is 0.